The van der Waals surface area contributed by atoms with Crippen LogP contribution >= 0.6 is 0 Å². The van der Waals surface area contributed by atoms with Crippen LogP contribution < -0.4 is 5.32 Å². The topological polar surface area (TPSA) is 90.2 Å². The van der Waals surface area contributed by atoms with E-state index >= 15 is 0 Å². The van der Waals surface area contributed by atoms with Gasteiger partial charge in [-0.1, -0.05) is 51.2 Å². The molecule has 0 radical (unpaired) electrons. The monoisotopic (exact) mass is 364 g/mol. The minimum absolute atomic E-state index is 0.107. The maximum Gasteiger partial charge on any atom is 0.207 e. The molecule has 1 saturated carbocycles. The van der Waals surface area contributed by atoms with Crippen LogP contribution in [0.25, 0.3) is 0 Å². The van der Waals surface area contributed by atoms with Crippen molar-refractivity contribution in [1.82, 2.24) is 5.32 Å². The highest BCUT2D eigenvalue weighted by Crippen LogP contribution is 2.36. The molecule has 0 bridgehead atoms. The van der Waals surface area contributed by atoms with Gasteiger partial charge in [0.15, 0.2) is 5.78 Å². The van der Waals surface area contributed by atoms with Gasteiger partial charge in [-0.3, -0.25) is 9.59 Å². The van der Waals surface area contributed by atoms with Gasteiger partial charge in [-0.25, -0.2) is 0 Å². The first kappa shape index (κ1) is 22.6. The van der Waals surface area contributed by atoms with E-state index < -0.39 is 0 Å². The third kappa shape index (κ3) is 8.75. The number of carbonyl (C=O) groups excluding carboxylic acids is 2. The summed E-state index contributed by atoms with van der Waals surface area (Å²) in [6.45, 7) is 2.16. The van der Waals surface area contributed by atoms with Crippen LogP contribution in [0.4, 0.5) is 0 Å². The molecule has 0 aromatic rings. The molecule has 1 amide bonds. The largest absolute Gasteiger partial charge is 0.389 e. The Kier molecular flexibility index (Phi) is 11.9. The van der Waals surface area contributed by atoms with Crippen molar-refractivity contribution in [1.29, 1.82) is 5.41 Å². The molecule has 0 spiro atoms. The zero-order valence-corrected chi connectivity index (χ0v) is 16.2. The molecule has 0 aromatic heterocycles. The molecule has 26 heavy (non-hydrogen) atoms. The average Bonchev–Trinajstić information content (AvgIpc) is 3.01. The van der Waals surface area contributed by atoms with E-state index in [0.717, 1.165) is 76.8 Å². The van der Waals surface area contributed by atoms with E-state index in [2.05, 4.69) is 18.3 Å². The third-order valence-electron chi connectivity index (χ3n) is 5.47. The first-order valence-electron chi connectivity index (χ1n) is 10.2. The summed E-state index contributed by atoms with van der Waals surface area (Å²) in [7, 11) is 0. The standard InChI is InChI=1S/C21H36N2O3/c1-2-3-5-8-18(25)13-11-17-12-14-21(23-16-24)20(17)10-7-4-6-9-19(26)15-22/h11,13,15-18,20-22,25H,2-10,12,14H2,1H3,(H,23,24)/t17-,18+,20+,21?/m0/s1. The number of aliphatic hydroxyl groups excluding tert-OH is 1. The van der Waals surface area contributed by atoms with Gasteiger partial charge in [0.25, 0.3) is 0 Å². The number of Topliss-reactive ketones (excluding diaryl/α,β-unsaturated/α-hetero) is 1. The summed E-state index contributed by atoms with van der Waals surface area (Å²) in [4.78, 5) is 22.0. The van der Waals surface area contributed by atoms with Crippen molar-refractivity contribution in [3.63, 3.8) is 0 Å². The summed E-state index contributed by atoms with van der Waals surface area (Å²) in [5.74, 6) is 0.693. The lowest BCUT2D eigenvalue weighted by atomic mass is 9.87. The number of carbonyl (C=O) groups is 2. The van der Waals surface area contributed by atoms with E-state index in [1.165, 1.54) is 0 Å². The van der Waals surface area contributed by atoms with Crippen molar-refractivity contribution < 1.29 is 14.7 Å². The molecule has 1 aliphatic carbocycles. The van der Waals surface area contributed by atoms with E-state index in [1.54, 1.807) is 0 Å². The fraction of sp³-hybridized carbons (Fsp3) is 0.762. The molecular weight excluding hydrogens is 328 g/mol. The van der Waals surface area contributed by atoms with Crippen LogP contribution in [0, 0.1) is 17.2 Å². The summed E-state index contributed by atoms with van der Waals surface area (Å²) < 4.78 is 0. The minimum Gasteiger partial charge on any atom is -0.389 e. The second-order valence-corrected chi connectivity index (χ2v) is 7.45. The molecule has 5 nitrogen and oxygen atoms in total. The maximum absolute atomic E-state index is 11.1. The fourth-order valence-electron chi connectivity index (χ4n) is 3.95. The van der Waals surface area contributed by atoms with Crippen molar-refractivity contribution in [2.24, 2.45) is 11.8 Å². The Morgan fingerprint density at radius 2 is 2.04 bits per heavy atom. The molecule has 1 aliphatic rings. The lowest BCUT2D eigenvalue weighted by Gasteiger charge is -2.23. The van der Waals surface area contributed by atoms with Crippen LogP contribution in [0.3, 0.4) is 0 Å². The molecule has 0 aliphatic heterocycles. The number of rotatable bonds is 15. The van der Waals surface area contributed by atoms with Crippen LogP contribution in [0.1, 0.15) is 77.6 Å². The van der Waals surface area contributed by atoms with Crippen LogP contribution in [0.5, 0.6) is 0 Å². The quantitative estimate of drug-likeness (QED) is 0.179. The van der Waals surface area contributed by atoms with Gasteiger partial charge >= 0.3 is 0 Å². The summed E-state index contributed by atoms with van der Waals surface area (Å²) in [5, 5.41) is 20.0. The van der Waals surface area contributed by atoms with Crippen LogP contribution in [-0.2, 0) is 9.59 Å². The number of unbranched alkanes of at least 4 members (excludes halogenated alkanes) is 4. The predicted molar refractivity (Wildman–Crippen MR) is 105 cm³/mol. The number of hydrogen-bond donors (Lipinski definition) is 3. The van der Waals surface area contributed by atoms with Gasteiger partial charge in [-0.15, -0.1) is 0 Å². The highest BCUT2D eigenvalue weighted by molar-refractivity contribution is 6.26. The number of allylic oxidation sites excluding steroid dienone is 1. The van der Waals surface area contributed by atoms with Gasteiger partial charge in [0.2, 0.25) is 6.41 Å². The van der Waals surface area contributed by atoms with Crippen molar-refractivity contribution in [3.8, 4) is 0 Å². The minimum atomic E-state index is -0.368. The molecule has 4 atom stereocenters. The first-order chi connectivity index (χ1) is 12.6. The molecule has 148 valence electrons. The summed E-state index contributed by atoms with van der Waals surface area (Å²) in [6.07, 6.45) is 15.9. The molecule has 0 aromatic carbocycles. The predicted octanol–water partition coefficient (Wildman–Crippen LogP) is 3.79. The van der Waals surface area contributed by atoms with Crippen LogP contribution in [-0.4, -0.2) is 35.7 Å². The molecular formula is C21H36N2O3. The van der Waals surface area contributed by atoms with Gasteiger partial charge in [-0.05, 0) is 43.9 Å². The van der Waals surface area contributed by atoms with Gasteiger partial charge in [0.05, 0.1) is 12.3 Å². The highest BCUT2D eigenvalue weighted by atomic mass is 16.3. The molecule has 0 heterocycles. The van der Waals surface area contributed by atoms with Gasteiger partial charge in [0, 0.05) is 12.5 Å². The number of nitrogens with one attached hydrogen (secondary N) is 2. The Hall–Kier alpha value is -1.49. The summed E-state index contributed by atoms with van der Waals surface area (Å²) in [6, 6.07) is 0.211. The van der Waals surface area contributed by atoms with Crippen molar-refractivity contribution in [2.45, 2.75) is 89.7 Å². The Balaban J connectivity index is 2.45. The number of hydrogen-bond acceptors (Lipinski definition) is 4. The van der Waals surface area contributed by atoms with Crippen molar-refractivity contribution in [2.75, 3.05) is 0 Å². The van der Waals surface area contributed by atoms with E-state index in [4.69, 9.17) is 5.41 Å². The van der Waals surface area contributed by atoms with Crippen molar-refractivity contribution >= 4 is 18.4 Å². The number of amides is 1. The number of aliphatic hydroxyl groups is 1. The van der Waals surface area contributed by atoms with E-state index in [0.29, 0.717) is 18.3 Å². The lowest BCUT2D eigenvalue weighted by molar-refractivity contribution is -0.113. The SMILES string of the molecule is CCCCC[C@@H](O)C=C[C@H]1CCC(NC=O)[C@@H]1CCCCCC(=O)C=N. The zero-order chi connectivity index (χ0) is 19.2. The third-order valence-corrected chi connectivity index (χ3v) is 5.47. The molecule has 1 rings (SSSR count). The van der Waals surface area contributed by atoms with E-state index in [9.17, 15) is 14.7 Å². The Bertz CT molecular complexity index is 451. The smallest absolute Gasteiger partial charge is 0.207 e. The van der Waals surface area contributed by atoms with Gasteiger partial charge in [-0.2, -0.15) is 0 Å². The van der Waals surface area contributed by atoms with Gasteiger partial charge in [0.1, 0.15) is 0 Å². The molecule has 1 unspecified atom stereocenters. The first-order valence-corrected chi connectivity index (χ1v) is 10.2. The second-order valence-electron chi connectivity index (χ2n) is 7.45. The Labute approximate surface area is 158 Å². The Morgan fingerprint density at radius 3 is 2.73 bits per heavy atom. The van der Waals surface area contributed by atoms with Crippen molar-refractivity contribution in [3.05, 3.63) is 12.2 Å². The highest BCUT2D eigenvalue weighted by Gasteiger charge is 2.33. The summed E-state index contributed by atoms with van der Waals surface area (Å²) in [5.41, 5.74) is 0. The molecule has 0 saturated heterocycles. The summed E-state index contributed by atoms with van der Waals surface area (Å²) >= 11 is 0. The molecule has 1 fully saturated rings. The molecule has 5 heteroatoms. The lowest BCUT2D eigenvalue weighted by Crippen LogP contribution is -2.33. The maximum atomic E-state index is 11.1. The normalized spacial score (nSPS) is 23.8. The van der Waals surface area contributed by atoms with Gasteiger partial charge < -0.3 is 15.8 Å². The van der Waals surface area contributed by atoms with E-state index in [-0.39, 0.29) is 17.9 Å². The van der Waals surface area contributed by atoms with Crippen LogP contribution in [0.15, 0.2) is 12.2 Å². The van der Waals surface area contributed by atoms with Crippen LogP contribution in [0.2, 0.25) is 0 Å². The fourth-order valence-corrected chi connectivity index (χ4v) is 3.95. The zero-order valence-electron chi connectivity index (χ0n) is 16.2. The Morgan fingerprint density at radius 1 is 1.23 bits per heavy atom. The molecule has 3 N–H and O–H groups in total. The van der Waals surface area contributed by atoms with E-state index in [1.807, 2.05) is 6.08 Å². The average molecular weight is 365 g/mol. The second kappa shape index (κ2) is 13.7. The number of ketones is 1.